The van der Waals surface area contributed by atoms with E-state index in [0.717, 1.165) is 23.7 Å². The van der Waals surface area contributed by atoms with Crippen LogP contribution in [0.4, 0.5) is 0 Å². The van der Waals surface area contributed by atoms with Crippen molar-refractivity contribution in [1.82, 2.24) is 19.6 Å². The third kappa shape index (κ3) is 3.14. The molecule has 2 heterocycles. The molecule has 4 rings (SSSR count). The summed E-state index contributed by atoms with van der Waals surface area (Å²) < 4.78 is 33.1. The van der Waals surface area contributed by atoms with Gasteiger partial charge in [0.25, 0.3) is 0 Å². The highest BCUT2D eigenvalue weighted by Crippen LogP contribution is 2.39. The summed E-state index contributed by atoms with van der Waals surface area (Å²) >= 11 is 0. The molecule has 1 aliphatic carbocycles. The van der Waals surface area contributed by atoms with Gasteiger partial charge in [-0.05, 0) is 18.6 Å². The van der Waals surface area contributed by atoms with Crippen molar-refractivity contribution in [2.45, 2.75) is 31.2 Å². The van der Waals surface area contributed by atoms with Crippen LogP contribution in [0.1, 0.15) is 6.42 Å². The van der Waals surface area contributed by atoms with Gasteiger partial charge in [0.2, 0.25) is 15.9 Å². The average molecular weight is 364 g/mol. The first-order valence-electron chi connectivity index (χ1n) is 8.20. The summed E-state index contributed by atoms with van der Waals surface area (Å²) in [5.41, 5.74) is 1.72. The monoisotopic (exact) mass is 364 g/mol. The van der Waals surface area contributed by atoms with Crippen molar-refractivity contribution in [3.63, 3.8) is 0 Å². The molecule has 2 N–H and O–H groups in total. The molecule has 134 valence electrons. The van der Waals surface area contributed by atoms with E-state index in [4.69, 9.17) is 4.74 Å². The topological polar surface area (TPSA) is 102 Å². The number of amides is 1. The third-order valence-electron chi connectivity index (χ3n) is 4.90. The number of nitrogens with zero attached hydrogens (tertiary/aromatic N) is 2. The van der Waals surface area contributed by atoms with Crippen LogP contribution in [-0.4, -0.2) is 54.9 Å². The summed E-state index contributed by atoms with van der Waals surface area (Å²) in [6.07, 6.45) is 3.42. The number of carbonyl (C=O) groups excluding carboxylic acids is 1. The zero-order valence-electron chi connectivity index (χ0n) is 13.8. The van der Waals surface area contributed by atoms with E-state index in [9.17, 15) is 13.2 Å². The highest BCUT2D eigenvalue weighted by Gasteiger charge is 2.55. The predicted molar refractivity (Wildman–Crippen MR) is 91.3 cm³/mol. The minimum absolute atomic E-state index is 0.140. The number of nitrogens with one attached hydrogen (secondary N) is 2. The lowest BCUT2D eigenvalue weighted by Gasteiger charge is -2.47. The van der Waals surface area contributed by atoms with Gasteiger partial charge in [0, 0.05) is 12.5 Å². The van der Waals surface area contributed by atoms with Crippen molar-refractivity contribution in [3.05, 3.63) is 30.6 Å². The van der Waals surface area contributed by atoms with Gasteiger partial charge in [-0.2, -0.15) is 0 Å². The first-order chi connectivity index (χ1) is 11.9. The Morgan fingerprint density at radius 3 is 2.96 bits per heavy atom. The number of fused-ring (bicyclic) bond motifs is 2. The minimum atomic E-state index is -3.37. The largest absolute Gasteiger partial charge is 0.376 e. The molecule has 2 aliphatic rings. The highest BCUT2D eigenvalue weighted by atomic mass is 32.2. The van der Waals surface area contributed by atoms with E-state index < -0.39 is 16.1 Å². The molecule has 1 saturated carbocycles. The van der Waals surface area contributed by atoms with E-state index in [1.165, 1.54) is 0 Å². The van der Waals surface area contributed by atoms with Gasteiger partial charge < -0.3 is 14.6 Å². The number of benzene rings is 1. The number of aromatic nitrogens is 2. The van der Waals surface area contributed by atoms with Gasteiger partial charge in [-0.25, -0.2) is 18.1 Å². The van der Waals surface area contributed by atoms with Crippen LogP contribution in [0.25, 0.3) is 11.0 Å². The maximum Gasteiger partial charge on any atom is 0.240 e. The summed E-state index contributed by atoms with van der Waals surface area (Å²) in [4.78, 5) is 16.8. The molecule has 1 amide bonds. The maximum atomic E-state index is 12.5. The Hall–Kier alpha value is -1.97. The molecular formula is C16H20N4O4S. The first-order valence-corrected chi connectivity index (χ1v) is 10.1. The van der Waals surface area contributed by atoms with Gasteiger partial charge in [-0.3, -0.25) is 4.79 Å². The first kappa shape index (κ1) is 16.5. The van der Waals surface area contributed by atoms with E-state index in [0.29, 0.717) is 6.61 Å². The van der Waals surface area contributed by atoms with Crippen LogP contribution in [0, 0.1) is 5.92 Å². The molecule has 2 aromatic rings. The molecule has 0 bridgehead atoms. The zero-order chi connectivity index (χ0) is 17.6. The molecule has 1 aromatic heterocycles. The predicted octanol–water partition coefficient (Wildman–Crippen LogP) is -0.142. The molecule has 1 aromatic carbocycles. The molecule has 4 atom stereocenters. The van der Waals surface area contributed by atoms with Gasteiger partial charge in [-0.15, -0.1) is 0 Å². The van der Waals surface area contributed by atoms with Crippen LogP contribution in [0.5, 0.6) is 0 Å². The quantitative estimate of drug-likeness (QED) is 0.769. The summed E-state index contributed by atoms with van der Waals surface area (Å²) in [6, 6.07) is 6.94. The fourth-order valence-electron chi connectivity index (χ4n) is 3.81. The summed E-state index contributed by atoms with van der Waals surface area (Å²) in [5.74, 6) is -0.0125. The summed E-state index contributed by atoms with van der Waals surface area (Å²) in [5, 5.41) is 2.97. The van der Waals surface area contributed by atoms with Crippen molar-refractivity contribution in [2.75, 3.05) is 12.9 Å². The number of carbonyl (C=O) groups is 1. The van der Waals surface area contributed by atoms with Crippen LogP contribution in [0.2, 0.25) is 0 Å². The van der Waals surface area contributed by atoms with E-state index in [2.05, 4.69) is 15.0 Å². The SMILES string of the molecule is CS(=O)(=O)N[C@@H]1[C@@H](NC(=O)Cn2cnc3ccccc32)[C@H]2CCO[C@H]21. The normalized spacial score (nSPS) is 28.5. The van der Waals surface area contributed by atoms with E-state index in [1.54, 1.807) is 10.9 Å². The van der Waals surface area contributed by atoms with Crippen LogP contribution >= 0.6 is 0 Å². The Bertz CT molecular complexity index is 910. The second kappa shape index (κ2) is 6.08. The average Bonchev–Trinajstić information content (AvgIpc) is 3.15. The Balaban J connectivity index is 1.46. The number of sulfonamides is 1. The van der Waals surface area contributed by atoms with Crippen molar-refractivity contribution in [2.24, 2.45) is 5.92 Å². The van der Waals surface area contributed by atoms with Gasteiger partial charge in [0.05, 0.1) is 41.8 Å². The summed E-state index contributed by atoms with van der Waals surface area (Å²) in [7, 11) is -3.37. The number of imidazole rings is 1. The molecule has 2 fully saturated rings. The lowest BCUT2D eigenvalue weighted by atomic mass is 9.72. The second-order valence-electron chi connectivity index (χ2n) is 6.66. The standard InChI is InChI=1S/C16H20N4O4S/c1-25(22,23)19-15-14(10-6-7-24-16(10)15)18-13(21)8-20-9-17-11-4-2-3-5-12(11)20/h2-5,9-10,14-16,19H,6-8H2,1H3,(H,18,21)/t10-,14+,15-,16-/m1/s1. The third-order valence-corrected chi connectivity index (χ3v) is 5.61. The fourth-order valence-corrected chi connectivity index (χ4v) is 4.59. The molecule has 25 heavy (non-hydrogen) atoms. The smallest absolute Gasteiger partial charge is 0.240 e. The van der Waals surface area contributed by atoms with E-state index in [1.807, 2.05) is 24.3 Å². The van der Waals surface area contributed by atoms with Gasteiger partial charge in [-0.1, -0.05) is 12.1 Å². The lowest BCUT2D eigenvalue weighted by Crippen LogP contribution is -2.71. The summed E-state index contributed by atoms with van der Waals surface area (Å²) in [6.45, 7) is 0.733. The second-order valence-corrected chi connectivity index (χ2v) is 8.44. The molecule has 0 spiro atoms. The van der Waals surface area contributed by atoms with Crippen LogP contribution < -0.4 is 10.0 Å². The van der Waals surface area contributed by atoms with Crippen molar-refractivity contribution in [1.29, 1.82) is 0 Å². The maximum absolute atomic E-state index is 12.5. The van der Waals surface area contributed by atoms with Gasteiger partial charge in [0.1, 0.15) is 6.54 Å². The fraction of sp³-hybridized carbons (Fsp3) is 0.500. The Morgan fingerprint density at radius 1 is 1.36 bits per heavy atom. The van der Waals surface area contributed by atoms with Crippen molar-refractivity contribution >= 4 is 27.0 Å². The van der Waals surface area contributed by atoms with Crippen LogP contribution in [-0.2, 0) is 26.1 Å². The molecular weight excluding hydrogens is 344 g/mol. The number of rotatable bonds is 5. The Labute approximate surface area is 145 Å². The zero-order valence-corrected chi connectivity index (χ0v) is 14.6. The molecule has 1 aliphatic heterocycles. The number of ether oxygens (including phenoxy) is 1. The van der Waals surface area contributed by atoms with Crippen LogP contribution in [0.3, 0.4) is 0 Å². The molecule has 0 radical (unpaired) electrons. The van der Waals surface area contributed by atoms with Gasteiger partial charge >= 0.3 is 0 Å². The minimum Gasteiger partial charge on any atom is -0.376 e. The lowest BCUT2D eigenvalue weighted by molar-refractivity contribution is -0.125. The van der Waals surface area contributed by atoms with E-state index in [-0.39, 0.29) is 30.5 Å². The molecule has 1 saturated heterocycles. The number of hydrogen-bond acceptors (Lipinski definition) is 5. The van der Waals surface area contributed by atoms with Crippen LogP contribution in [0.15, 0.2) is 30.6 Å². The van der Waals surface area contributed by atoms with Crippen molar-refractivity contribution < 1.29 is 17.9 Å². The number of hydrogen-bond donors (Lipinski definition) is 2. The highest BCUT2D eigenvalue weighted by molar-refractivity contribution is 7.88. The molecule has 0 unspecified atom stereocenters. The molecule has 9 heteroatoms. The number of para-hydroxylation sites is 2. The molecule has 8 nitrogen and oxygen atoms in total. The Kier molecular flexibility index (Phi) is 4.01. The van der Waals surface area contributed by atoms with E-state index >= 15 is 0 Å². The van der Waals surface area contributed by atoms with Crippen molar-refractivity contribution in [3.8, 4) is 0 Å². The van der Waals surface area contributed by atoms with Gasteiger partial charge in [0.15, 0.2) is 0 Å². The Morgan fingerprint density at radius 2 is 2.16 bits per heavy atom.